The van der Waals surface area contributed by atoms with E-state index < -0.39 is 17.7 Å². The molecule has 27 heavy (non-hydrogen) atoms. The van der Waals surface area contributed by atoms with E-state index in [2.05, 4.69) is 25.7 Å². The molecule has 0 aliphatic carbocycles. The number of piperazine rings is 1. The zero-order valence-electron chi connectivity index (χ0n) is 16.6. The Balaban J connectivity index is 1.60. The molecule has 3 aliphatic rings. The molecular weight excluding hydrogens is 346 g/mol. The lowest BCUT2D eigenvalue weighted by molar-refractivity contribution is -0.182. The summed E-state index contributed by atoms with van der Waals surface area (Å²) in [6, 6.07) is 3.22. The Bertz CT molecular complexity index is 760. The summed E-state index contributed by atoms with van der Waals surface area (Å²) < 4.78 is 5.60. The monoisotopic (exact) mass is 375 g/mol. The van der Waals surface area contributed by atoms with Crippen LogP contribution in [0.3, 0.4) is 0 Å². The molecule has 2 atom stereocenters. The van der Waals surface area contributed by atoms with Crippen LogP contribution in [0.1, 0.15) is 38.7 Å². The minimum absolute atomic E-state index is 0.143. The smallest absolute Gasteiger partial charge is 0.252 e. The second-order valence-electron chi connectivity index (χ2n) is 9.54. The number of amides is 2. The fraction of sp³-hybridized carbons (Fsp3) is 0.700. The van der Waals surface area contributed by atoms with Gasteiger partial charge in [-0.3, -0.25) is 24.3 Å². The average Bonchev–Trinajstić information content (AvgIpc) is 3.11. The molecule has 1 aromatic heterocycles. The van der Waals surface area contributed by atoms with Crippen LogP contribution in [0.4, 0.5) is 0 Å². The van der Waals surface area contributed by atoms with Crippen LogP contribution in [-0.2, 0) is 16.1 Å². The van der Waals surface area contributed by atoms with Crippen molar-refractivity contribution in [3.63, 3.8) is 0 Å². The average molecular weight is 375 g/mol. The van der Waals surface area contributed by atoms with Crippen LogP contribution in [-0.4, -0.2) is 75.5 Å². The van der Waals surface area contributed by atoms with E-state index in [0.29, 0.717) is 31.8 Å². The number of furan rings is 1. The van der Waals surface area contributed by atoms with Crippen molar-refractivity contribution in [2.75, 3.05) is 26.2 Å². The molecule has 0 saturated carbocycles. The fourth-order valence-corrected chi connectivity index (χ4v) is 4.84. The number of hydrogen-bond acceptors (Lipinski definition) is 6. The van der Waals surface area contributed by atoms with Crippen molar-refractivity contribution in [2.45, 2.75) is 58.3 Å². The van der Waals surface area contributed by atoms with Crippen molar-refractivity contribution in [1.29, 1.82) is 0 Å². The third-order valence-corrected chi connectivity index (χ3v) is 5.80. The second kappa shape index (κ2) is 6.15. The molecule has 4 heterocycles. The number of likely N-dealkylation sites (tertiary alicyclic amines) is 1. The van der Waals surface area contributed by atoms with Gasteiger partial charge in [0.1, 0.15) is 17.1 Å². The van der Waals surface area contributed by atoms with E-state index >= 15 is 0 Å². The maximum atomic E-state index is 13.4. The first-order chi connectivity index (χ1) is 12.6. The number of hydrogen-bond donors (Lipinski definition) is 1. The fourth-order valence-electron chi connectivity index (χ4n) is 4.84. The Hall–Kier alpha value is -1.70. The van der Waals surface area contributed by atoms with Crippen molar-refractivity contribution < 1.29 is 19.1 Å². The van der Waals surface area contributed by atoms with Gasteiger partial charge in [-0.1, -0.05) is 20.8 Å². The Kier molecular flexibility index (Phi) is 4.25. The van der Waals surface area contributed by atoms with Crippen LogP contribution < -0.4 is 0 Å². The van der Waals surface area contributed by atoms with Gasteiger partial charge in [0.05, 0.1) is 18.7 Å². The zero-order valence-corrected chi connectivity index (χ0v) is 16.6. The summed E-state index contributed by atoms with van der Waals surface area (Å²) in [7, 11) is 0. The minimum atomic E-state index is -0.705. The van der Waals surface area contributed by atoms with Gasteiger partial charge >= 0.3 is 0 Å². The summed E-state index contributed by atoms with van der Waals surface area (Å²) in [5.41, 5.74) is -0.562. The van der Waals surface area contributed by atoms with E-state index in [4.69, 9.17) is 4.42 Å². The van der Waals surface area contributed by atoms with Crippen LogP contribution in [0.25, 0.3) is 0 Å². The van der Waals surface area contributed by atoms with Crippen LogP contribution >= 0.6 is 0 Å². The molecule has 1 spiro atoms. The van der Waals surface area contributed by atoms with Crippen LogP contribution in [0.15, 0.2) is 16.5 Å². The molecule has 148 valence electrons. The standard InChI is InChI=1S/C20H29N3O4/c1-13-5-6-15(27-13)9-22-17(25)16-7-14(24)8-23(16)20(18(22)26)11-21(12-20)10-19(2,3)4/h5-6,14,16,24H,7-12H2,1-4H3/t14-,16+/m1/s1. The third kappa shape index (κ3) is 3.11. The molecule has 2 amide bonds. The van der Waals surface area contributed by atoms with Crippen LogP contribution in [0.2, 0.25) is 0 Å². The molecule has 0 aromatic carbocycles. The number of fused-ring (bicyclic) bond motifs is 2. The zero-order chi connectivity index (χ0) is 19.6. The van der Waals surface area contributed by atoms with Crippen molar-refractivity contribution in [1.82, 2.24) is 14.7 Å². The molecule has 1 N–H and O–H groups in total. The van der Waals surface area contributed by atoms with Crippen molar-refractivity contribution in [2.24, 2.45) is 5.41 Å². The van der Waals surface area contributed by atoms with Crippen LogP contribution in [0.5, 0.6) is 0 Å². The van der Waals surface area contributed by atoms with Gasteiger partial charge in [0, 0.05) is 26.2 Å². The minimum Gasteiger partial charge on any atom is -0.464 e. The molecule has 7 heteroatoms. The van der Waals surface area contributed by atoms with E-state index in [0.717, 1.165) is 12.3 Å². The lowest BCUT2D eigenvalue weighted by Crippen LogP contribution is -2.81. The van der Waals surface area contributed by atoms with Gasteiger partial charge in [0.25, 0.3) is 5.91 Å². The number of aliphatic hydroxyl groups excluding tert-OH is 1. The van der Waals surface area contributed by atoms with Gasteiger partial charge in [-0.2, -0.15) is 0 Å². The second-order valence-corrected chi connectivity index (χ2v) is 9.54. The number of rotatable bonds is 3. The highest BCUT2D eigenvalue weighted by molar-refractivity contribution is 6.06. The number of β-amino-alcohol motifs (C(OH)–C–C–N with tert-alkyl or cyclic N) is 1. The Labute approximate surface area is 159 Å². The predicted molar refractivity (Wildman–Crippen MR) is 98.7 cm³/mol. The number of aryl methyl sites for hydroxylation is 1. The first kappa shape index (κ1) is 18.7. The molecule has 1 aromatic rings. The van der Waals surface area contributed by atoms with Gasteiger partial charge in [-0.25, -0.2) is 0 Å². The van der Waals surface area contributed by atoms with Crippen molar-refractivity contribution >= 4 is 11.8 Å². The lowest BCUT2D eigenvalue weighted by Gasteiger charge is -2.59. The molecule has 4 rings (SSSR count). The maximum Gasteiger partial charge on any atom is 0.252 e. The summed E-state index contributed by atoms with van der Waals surface area (Å²) in [6.07, 6.45) is -0.174. The Morgan fingerprint density at radius 2 is 1.96 bits per heavy atom. The number of imide groups is 1. The Morgan fingerprint density at radius 3 is 2.56 bits per heavy atom. The normalized spacial score (nSPS) is 28.7. The van der Waals surface area contributed by atoms with Crippen LogP contribution in [0, 0.1) is 12.3 Å². The van der Waals surface area contributed by atoms with Crippen molar-refractivity contribution in [3.8, 4) is 0 Å². The Morgan fingerprint density at radius 1 is 1.26 bits per heavy atom. The molecule has 3 fully saturated rings. The first-order valence-electron chi connectivity index (χ1n) is 9.67. The van der Waals surface area contributed by atoms with Gasteiger partial charge < -0.3 is 9.52 Å². The molecule has 3 aliphatic heterocycles. The number of aliphatic hydroxyl groups is 1. The topological polar surface area (TPSA) is 77.2 Å². The quantitative estimate of drug-likeness (QED) is 0.794. The van der Waals surface area contributed by atoms with Gasteiger partial charge in [0.15, 0.2) is 0 Å². The SMILES string of the molecule is Cc1ccc(CN2C(=O)[C@@H]3C[C@@H](O)CN3C3(CN(CC(C)(C)C)C3)C2=O)o1. The first-order valence-corrected chi connectivity index (χ1v) is 9.67. The third-order valence-electron chi connectivity index (χ3n) is 5.80. The molecule has 3 saturated heterocycles. The van der Waals surface area contributed by atoms with Crippen molar-refractivity contribution in [3.05, 3.63) is 23.7 Å². The molecule has 7 nitrogen and oxygen atoms in total. The van der Waals surface area contributed by atoms with Gasteiger partial charge in [0.2, 0.25) is 5.91 Å². The highest BCUT2D eigenvalue weighted by atomic mass is 16.3. The summed E-state index contributed by atoms with van der Waals surface area (Å²) in [5.74, 6) is 0.999. The van der Waals surface area contributed by atoms with E-state index in [9.17, 15) is 14.7 Å². The molecular formula is C20H29N3O4. The maximum absolute atomic E-state index is 13.4. The summed E-state index contributed by atoms with van der Waals surface area (Å²) in [6.45, 7) is 11.0. The highest BCUT2D eigenvalue weighted by Gasteiger charge is 2.64. The number of carbonyl (C=O) groups excluding carboxylic acids is 2. The molecule has 0 unspecified atom stereocenters. The largest absolute Gasteiger partial charge is 0.464 e. The van der Waals surface area contributed by atoms with E-state index in [1.807, 2.05) is 24.0 Å². The molecule has 0 radical (unpaired) electrons. The highest BCUT2D eigenvalue weighted by Crippen LogP contribution is 2.41. The number of nitrogens with zero attached hydrogens (tertiary/aromatic N) is 3. The molecule has 0 bridgehead atoms. The number of carbonyl (C=O) groups is 2. The summed E-state index contributed by atoms with van der Waals surface area (Å²) >= 11 is 0. The van der Waals surface area contributed by atoms with E-state index in [1.165, 1.54) is 4.90 Å². The van der Waals surface area contributed by atoms with E-state index in [-0.39, 0.29) is 23.8 Å². The predicted octanol–water partition coefficient (Wildman–Crippen LogP) is 0.993. The summed E-state index contributed by atoms with van der Waals surface area (Å²) in [4.78, 5) is 32.0. The van der Waals surface area contributed by atoms with Gasteiger partial charge in [-0.05, 0) is 30.9 Å². The summed E-state index contributed by atoms with van der Waals surface area (Å²) in [5, 5.41) is 10.2. The van der Waals surface area contributed by atoms with Gasteiger partial charge in [-0.15, -0.1) is 0 Å². The van der Waals surface area contributed by atoms with E-state index in [1.54, 1.807) is 0 Å². The lowest BCUT2D eigenvalue weighted by atomic mass is 9.80.